The van der Waals surface area contributed by atoms with Gasteiger partial charge in [0.25, 0.3) is 0 Å². The number of nitrogens with zero attached hydrogens (tertiary/aromatic N) is 4. The first-order chi connectivity index (χ1) is 13.2. The van der Waals surface area contributed by atoms with Crippen molar-refractivity contribution in [2.45, 2.75) is 71.4 Å². The van der Waals surface area contributed by atoms with Gasteiger partial charge in [0.15, 0.2) is 5.82 Å². The number of pyridine rings is 1. The van der Waals surface area contributed by atoms with Gasteiger partial charge in [-0.3, -0.25) is 0 Å². The third-order valence-corrected chi connectivity index (χ3v) is 7.34. The lowest BCUT2D eigenvalue weighted by molar-refractivity contribution is 0.141. The normalized spacial score (nSPS) is 22.7. The molecule has 27 heavy (non-hydrogen) atoms. The summed E-state index contributed by atoms with van der Waals surface area (Å²) >= 11 is 0. The summed E-state index contributed by atoms with van der Waals surface area (Å²) in [6.45, 7) is 10.7. The lowest BCUT2D eigenvalue weighted by Gasteiger charge is -2.40. The van der Waals surface area contributed by atoms with Crippen LogP contribution < -0.4 is 4.90 Å². The number of piperidine rings is 2. The van der Waals surface area contributed by atoms with Crippen LogP contribution in [0.3, 0.4) is 0 Å². The highest BCUT2D eigenvalue weighted by Crippen LogP contribution is 2.37. The van der Waals surface area contributed by atoms with E-state index in [0.29, 0.717) is 0 Å². The van der Waals surface area contributed by atoms with Crippen LogP contribution in [0.25, 0.3) is 10.9 Å². The first-order valence-electron chi connectivity index (χ1n) is 11.2. The van der Waals surface area contributed by atoms with E-state index in [9.17, 15) is 0 Å². The van der Waals surface area contributed by atoms with Crippen molar-refractivity contribution in [1.82, 2.24) is 14.5 Å². The molecule has 0 N–H and O–H groups in total. The zero-order chi connectivity index (χ0) is 18.4. The minimum absolute atomic E-state index is 0.794. The highest BCUT2D eigenvalue weighted by atomic mass is 15.2. The lowest BCUT2D eigenvalue weighted by Crippen LogP contribution is -2.47. The summed E-state index contributed by atoms with van der Waals surface area (Å²) < 4.78 is 2.58. The number of hydrogen-bond acceptors (Lipinski definition) is 3. The van der Waals surface area contributed by atoms with Gasteiger partial charge in [-0.05, 0) is 83.0 Å². The predicted molar refractivity (Wildman–Crippen MR) is 113 cm³/mol. The molecular weight excluding hydrogens is 332 g/mol. The van der Waals surface area contributed by atoms with Crippen LogP contribution in [0.5, 0.6) is 0 Å². The summed E-state index contributed by atoms with van der Waals surface area (Å²) in [5.41, 5.74) is 4.28. The van der Waals surface area contributed by atoms with E-state index in [0.717, 1.165) is 25.0 Å². The monoisotopic (exact) mass is 366 g/mol. The Morgan fingerprint density at radius 1 is 0.963 bits per heavy atom. The molecule has 5 rings (SSSR count). The largest absolute Gasteiger partial charge is 0.355 e. The zero-order valence-corrected chi connectivity index (χ0v) is 17.1. The van der Waals surface area contributed by atoms with Gasteiger partial charge >= 0.3 is 0 Å². The zero-order valence-electron chi connectivity index (χ0n) is 17.1. The maximum atomic E-state index is 4.90. The van der Waals surface area contributed by atoms with Crippen molar-refractivity contribution < 1.29 is 0 Å². The summed E-state index contributed by atoms with van der Waals surface area (Å²) in [5, 5.41) is 1.41. The Bertz CT molecular complexity index is 805. The van der Waals surface area contributed by atoms with Crippen molar-refractivity contribution in [3.63, 3.8) is 0 Å². The molecule has 2 aromatic rings. The van der Waals surface area contributed by atoms with Crippen LogP contribution in [-0.2, 0) is 6.54 Å². The Hall–Kier alpha value is -1.55. The second-order valence-electron chi connectivity index (χ2n) is 9.11. The Balaban J connectivity index is 1.41. The quantitative estimate of drug-likeness (QED) is 0.795. The highest BCUT2D eigenvalue weighted by Gasteiger charge is 2.29. The van der Waals surface area contributed by atoms with Gasteiger partial charge in [0.05, 0.1) is 5.52 Å². The molecular formula is C23H34N4. The molecule has 1 saturated carbocycles. The Morgan fingerprint density at radius 2 is 1.70 bits per heavy atom. The van der Waals surface area contributed by atoms with Gasteiger partial charge in [-0.1, -0.05) is 6.42 Å². The lowest BCUT2D eigenvalue weighted by atomic mass is 10.00. The van der Waals surface area contributed by atoms with E-state index in [1.54, 1.807) is 0 Å². The van der Waals surface area contributed by atoms with Crippen molar-refractivity contribution in [2.24, 2.45) is 5.92 Å². The van der Waals surface area contributed by atoms with Crippen LogP contribution in [-0.4, -0.2) is 46.7 Å². The predicted octanol–water partition coefficient (Wildman–Crippen LogP) is 4.52. The molecule has 0 bridgehead atoms. The molecule has 3 fully saturated rings. The fraction of sp³-hybridized carbons (Fsp3) is 0.696. The van der Waals surface area contributed by atoms with Crippen molar-refractivity contribution >= 4 is 16.7 Å². The topological polar surface area (TPSA) is 24.3 Å². The molecule has 4 nitrogen and oxygen atoms in total. The second kappa shape index (κ2) is 7.12. The van der Waals surface area contributed by atoms with Crippen molar-refractivity contribution in [2.75, 3.05) is 31.1 Å². The molecule has 0 unspecified atom stereocenters. The third kappa shape index (κ3) is 3.26. The standard InChI is InChI=1S/C23H34N4/c1-17-18(2)27(16-19-6-7-19)22-21(17)8-11-24-23(22)26-14-9-20(10-15-26)25-12-4-3-5-13-25/h8,11,19-20H,3-7,9-10,12-16H2,1-2H3. The number of likely N-dealkylation sites (tertiary alicyclic amines) is 1. The van der Waals surface area contributed by atoms with Crippen LogP contribution >= 0.6 is 0 Å². The van der Waals surface area contributed by atoms with Crippen molar-refractivity contribution in [3.05, 3.63) is 23.5 Å². The van der Waals surface area contributed by atoms with Gasteiger partial charge in [-0.15, -0.1) is 0 Å². The van der Waals surface area contributed by atoms with E-state index >= 15 is 0 Å². The summed E-state index contributed by atoms with van der Waals surface area (Å²) in [5.74, 6) is 2.12. The molecule has 0 amide bonds. The van der Waals surface area contributed by atoms with Gasteiger partial charge < -0.3 is 14.4 Å². The van der Waals surface area contributed by atoms with Gasteiger partial charge in [0, 0.05) is 43.0 Å². The van der Waals surface area contributed by atoms with Crippen LogP contribution in [0.2, 0.25) is 0 Å². The van der Waals surface area contributed by atoms with Crippen LogP contribution in [0.4, 0.5) is 5.82 Å². The molecule has 3 aliphatic rings. The summed E-state index contributed by atoms with van der Waals surface area (Å²) in [7, 11) is 0. The molecule has 0 aromatic carbocycles. The second-order valence-corrected chi connectivity index (χ2v) is 9.11. The minimum atomic E-state index is 0.794. The average Bonchev–Trinajstić information content (AvgIpc) is 3.52. The number of rotatable bonds is 4. The van der Waals surface area contributed by atoms with E-state index < -0.39 is 0 Å². The van der Waals surface area contributed by atoms with Gasteiger partial charge in [-0.2, -0.15) is 0 Å². The van der Waals surface area contributed by atoms with Crippen LogP contribution in [0, 0.1) is 19.8 Å². The first-order valence-corrected chi connectivity index (χ1v) is 11.2. The molecule has 146 valence electrons. The van der Waals surface area contributed by atoms with Crippen molar-refractivity contribution in [1.29, 1.82) is 0 Å². The SMILES string of the molecule is Cc1c(C)n(CC2CC2)c2c(N3CCC(N4CCCCC4)CC3)nccc12. The fourth-order valence-corrected chi connectivity index (χ4v) is 5.32. The van der Waals surface area contributed by atoms with E-state index in [-0.39, 0.29) is 0 Å². The van der Waals surface area contributed by atoms with Gasteiger partial charge in [0.1, 0.15) is 0 Å². The number of anilines is 1. The number of aromatic nitrogens is 2. The number of fused-ring (bicyclic) bond motifs is 1. The summed E-state index contributed by atoms with van der Waals surface area (Å²) in [6, 6.07) is 3.02. The molecule has 0 radical (unpaired) electrons. The van der Waals surface area contributed by atoms with Crippen LogP contribution in [0.15, 0.2) is 12.3 Å². The molecule has 2 aliphatic heterocycles. The maximum Gasteiger partial charge on any atom is 0.153 e. The summed E-state index contributed by atoms with van der Waals surface area (Å²) in [6.07, 6.45) is 11.6. The van der Waals surface area contributed by atoms with Gasteiger partial charge in [0.2, 0.25) is 0 Å². The van der Waals surface area contributed by atoms with Crippen molar-refractivity contribution in [3.8, 4) is 0 Å². The minimum Gasteiger partial charge on any atom is -0.355 e. The molecule has 4 heterocycles. The van der Waals surface area contributed by atoms with E-state index in [2.05, 4.69) is 34.3 Å². The molecule has 2 aromatic heterocycles. The van der Waals surface area contributed by atoms with Crippen LogP contribution in [0.1, 0.15) is 56.2 Å². The maximum absolute atomic E-state index is 4.90. The molecule has 0 atom stereocenters. The van der Waals surface area contributed by atoms with E-state index in [1.807, 2.05) is 6.20 Å². The molecule has 0 spiro atoms. The Labute approximate surface area is 163 Å². The Morgan fingerprint density at radius 3 is 2.41 bits per heavy atom. The average molecular weight is 367 g/mol. The number of aryl methyl sites for hydroxylation is 1. The van der Waals surface area contributed by atoms with E-state index in [1.165, 1.54) is 92.6 Å². The molecule has 2 saturated heterocycles. The number of hydrogen-bond donors (Lipinski definition) is 0. The van der Waals surface area contributed by atoms with E-state index in [4.69, 9.17) is 4.98 Å². The molecule has 1 aliphatic carbocycles. The molecule has 4 heteroatoms. The Kier molecular flexibility index (Phi) is 4.63. The highest BCUT2D eigenvalue weighted by molar-refractivity contribution is 5.93. The third-order valence-electron chi connectivity index (χ3n) is 7.34. The smallest absolute Gasteiger partial charge is 0.153 e. The first kappa shape index (κ1) is 17.5. The van der Waals surface area contributed by atoms with Gasteiger partial charge in [-0.25, -0.2) is 4.98 Å². The summed E-state index contributed by atoms with van der Waals surface area (Å²) in [4.78, 5) is 10.2. The fourth-order valence-electron chi connectivity index (χ4n) is 5.32.